The lowest BCUT2D eigenvalue weighted by Crippen LogP contribution is -2.48. The lowest BCUT2D eigenvalue weighted by Gasteiger charge is -2.32. The van der Waals surface area contributed by atoms with Gasteiger partial charge in [-0.2, -0.15) is 0 Å². The zero-order valence-electron chi connectivity index (χ0n) is 19.7. The summed E-state index contributed by atoms with van der Waals surface area (Å²) in [6.45, 7) is 4.54. The smallest absolute Gasteiger partial charge is 0.223 e. The third-order valence-corrected chi connectivity index (χ3v) is 6.94. The van der Waals surface area contributed by atoms with Gasteiger partial charge in [0.2, 0.25) is 5.95 Å². The molecule has 5 heterocycles. The Morgan fingerprint density at radius 3 is 2.86 bits per heavy atom. The second-order valence-electron chi connectivity index (χ2n) is 9.43. The highest BCUT2D eigenvalue weighted by molar-refractivity contribution is 6.33. The van der Waals surface area contributed by atoms with E-state index < -0.39 is 12.4 Å². The number of hydrogen-bond acceptors (Lipinski definition) is 7. The maximum absolute atomic E-state index is 15.5. The van der Waals surface area contributed by atoms with Crippen LogP contribution in [0.2, 0.25) is 5.02 Å². The Hall–Kier alpha value is -3.11. The van der Waals surface area contributed by atoms with Crippen LogP contribution in [0.3, 0.4) is 0 Å². The van der Waals surface area contributed by atoms with Gasteiger partial charge in [0.15, 0.2) is 6.29 Å². The van der Waals surface area contributed by atoms with Gasteiger partial charge < -0.3 is 24.5 Å². The molecule has 4 atom stereocenters. The molecular weight excluding hydrogens is 485 g/mol. The second-order valence-corrected chi connectivity index (χ2v) is 9.83. The number of aromatic nitrogens is 4. The summed E-state index contributed by atoms with van der Waals surface area (Å²) in [7, 11) is 0. The number of rotatable bonds is 5. The van der Waals surface area contributed by atoms with Gasteiger partial charge in [-0.25, -0.2) is 14.4 Å². The number of pyridine rings is 1. The van der Waals surface area contributed by atoms with Crippen LogP contribution in [0.15, 0.2) is 48.8 Å². The molecule has 36 heavy (non-hydrogen) atoms. The van der Waals surface area contributed by atoms with E-state index in [1.54, 1.807) is 6.20 Å². The standard InChI is InChI=1S/C26H25ClFN5O3/c1-13(2)33-21-8-14(7-18(28)16(21)10-22(33)19-5-3-4-6-29-19)23-17(27)11-30-26(32-23)31-20-9-15-12-35-25(36-15)24(20)34/h3-8,10-11,13,15,20,24-25,34H,9,12H2,1-2H3,(H,30,31,32)/t15-,20?,24-,25+/m0/s1. The van der Waals surface area contributed by atoms with Crippen LogP contribution in [-0.2, 0) is 9.47 Å². The van der Waals surface area contributed by atoms with E-state index in [9.17, 15) is 5.11 Å². The van der Waals surface area contributed by atoms with E-state index in [1.165, 1.54) is 12.3 Å². The fraction of sp³-hybridized carbons (Fsp3) is 0.346. The molecule has 2 bridgehead atoms. The average Bonchev–Trinajstić information content (AvgIpc) is 3.46. The Kier molecular flexibility index (Phi) is 5.88. The third-order valence-electron chi connectivity index (χ3n) is 6.66. The van der Waals surface area contributed by atoms with Crippen LogP contribution in [0.1, 0.15) is 26.3 Å². The molecule has 0 aliphatic carbocycles. The maximum atomic E-state index is 15.5. The molecule has 8 nitrogen and oxygen atoms in total. The van der Waals surface area contributed by atoms with Crippen LogP contribution in [-0.4, -0.2) is 55.8 Å². The number of ether oxygens (including phenoxy) is 2. The van der Waals surface area contributed by atoms with Crippen molar-refractivity contribution in [3.8, 4) is 22.6 Å². The van der Waals surface area contributed by atoms with Crippen molar-refractivity contribution >= 4 is 28.5 Å². The summed E-state index contributed by atoms with van der Waals surface area (Å²) in [4.78, 5) is 13.3. The molecule has 0 saturated carbocycles. The van der Waals surface area contributed by atoms with Crippen LogP contribution in [0.25, 0.3) is 33.5 Å². The number of nitrogens with zero attached hydrogens (tertiary/aromatic N) is 4. The van der Waals surface area contributed by atoms with Crippen molar-refractivity contribution < 1.29 is 19.0 Å². The normalized spacial score (nSPS) is 23.5. The minimum absolute atomic E-state index is 0.0554. The van der Waals surface area contributed by atoms with Crippen molar-refractivity contribution in [2.24, 2.45) is 0 Å². The number of fused-ring (bicyclic) bond motifs is 3. The molecule has 3 aromatic heterocycles. The average molecular weight is 510 g/mol. The first-order valence-electron chi connectivity index (χ1n) is 11.9. The molecular formula is C26H25ClFN5O3. The van der Waals surface area contributed by atoms with Crippen molar-refractivity contribution in [1.29, 1.82) is 0 Å². The number of aliphatic hydroxyl groups is 1. The molecule has 1 aromatic carbocycles. The molecule has 2 fully saturated rings. The van der Waals surface area contributed by atoms with Gasteiger partial charge in [0.1, 0.15) is 11.9 Å². The Morgan fingerprint density at radius 1 is 1.22 bits per heavy atom. The van der Waals surface area contributed by atoms with Crippen LogP contribution >= 0.6 is 11.6 Å². The highest BCUT2D eigenvalue weighted by atomic mass is 35.5. The Bertz CT molecular complexity index is 1430. The number of aliphatic hydroxyl groups excluding tert-OH is 1. The van der Waals surface area contributed by atoms with E-state index in [2.05, 4.69) is 24.8 Å². The SMILES string of the molecule is CC(C)n1c(-c2ccccn2)cc2c(F)cc(-c3nc(NC4C[C@H]5CO[C@H](O5)[C@H]4O)ncc3Cl)cc21. The summed E-state index contributed by atoms with van der Waals surface area (Å²) >= 11 is 6.48. The summed E-state index contributed by atoms with van der Waals surface area (Å²) in [5.41, 5.74) is 3.24. The van der Waals surface area contributed by atoms with Crippen molar-refractivity contribution in [3.05, 3.63) is 59.6 Å². The van der Waals surface area contributed by atoms with Crippen molar-refractivity contribution in [1.82, 2.24) is 19.5 Å². The predicted molar refractivity (Wildman–Crippen MR) is 134 cm³/mol. The molecule has 186 valence electrons. The molecule has 4 aromatic rings. The number of hydrogen-bond donors (Lipinski definition) is 2. The van der Waals surface area contributed by atoms with Crippen LogP contribution < -0.4 is 5.32 Å². The van der Waals surface area contributed by atoms with Crippen LogP contribution in [0, 0.1) is 5.82 Å². The molecule has 1 unspecified atom stereocenters. The summed E-state index contributed by atoms with van der Waals surface area (Å²) in [6, 6.07) is 10.5. The predicted octanol–water partition coefficient (Wildman–Crippen LogP) is 4.82. The third kappa shape index (κ3) is 4.02. The molecule has 2 aliphatic heterocycles. The second kappa shape index (κ2) is 9.08. The number of halogens is 2. The van der Waals surface area contributed by atoms with Crippen LogP contribution in [0.4, 0.5) is 10.3 Å². The van der Waals surface area contributed by atoms with Gasteiger partial charge in [0.25, 0.3) is 0 Å². The monoisotopic (exact) mass is 509 g/mol. The van der Waals surface area contributed by atoms with Crippen molar-refractivity contribution in [2.75, 3.05) is 11.9 Å². The zero-order valence-corrected chi connectivity index (χ0v) is 20.5. The number of benzene rings is 1. The molecule has 2 aliphatic rings. The fourth-order valence-electron chi connectivity index (χ4n) is 5.02. The quantitative estimate of drug-likeness (QED) is 0.398. The van der Waals surface area contributed by atoms with Crippen molar-refractivity contribution in [2.45, 2.75) is 50.8 Å². The lowest BCUT2D eigenvalue weighted by molar-refractivity contribution is -0.156. The molecule has 0 spiro atoms. The molecule has 0 amide bonds. The maximum Gasteiger partial charge on any atom is 0.223 e. The Balaban J connectivity index is 1.41. The molecule has 10 heteroatoms. The summed E-state index contributed by atoms with van der Waals surface area (Å²) in [5, 5.41) is 14.5. The van der Waals surface area contributed by atoms with Gasteiger partial charge in [-0.3, -0.25) is 4.98 Å². The van der Waals surface area contributed by atoms with Gasteiger partial charge in [-0.15, -0.1) is 0 Å². The Labute approximate surface area is 212 Å². The topological polar surface area (TPSA) is 94.3 Å². The first-order chi connectivity index (χ1) is 17.4. The number of nitrogens with one attached hydrogen (secondary N) is 1. The van der Waals surface area contributed by atoms with E-state index in [1.807, 2.05) is 44.2 Å². The summed E-state index contributed by atoms with van der Waals surface area (Å²) in [6.07, 6.45) is 2.14. The first-order valence-corrected chi connectivity index (χ1v) is 12.3. The molecule has 0 radical (unpaired) electrons. The van der Waals surface area contributed by atoms with E-state index in [0.717, 1.165) is 16.9 Å². The number of anilines is 1. The zero-order chi connectivity index (χ0) is 25.0. The van der Waals surface area contributed by atoms with Gasteiger partial charge in [-0.05, 0) is 50.6 Å². The van der Waals surface area contributed by atoms with E-state index in [4.69, 9.17) is 21.1 Å². The minimum atomic E-state index is -0.861. The van der Waals surface area contributed by atoms with Crippen LogP contribution in [0.5, 0.6) is 0 Å². The summed E-state index contributed by atoms with van der Waals surface area (Å²) in [5.74, 6) is -0.0921. The van der Waals surface area contributed by atoms with Gasteiger partial charge in [-0.1, -0.05) is 17.7 Å². The van der Waals surface area contributed by atoms with Gasteiger partial charge in [0, 0.05) is 23.2 Å². The molecule has 2 saturated heterocycles. The van der Waals surface area contributed by atoms with E-state index >= 15 is 4.39 Å². The van der Waals surface area contributed by atoms with E-state index in [-0.39, 0.29) is 30.0 Å². The molecule has 2 N–H and O–H groups in total. The fourth-order valence-corrected chi connectivity index (χ4v) is 5.22. The van der Waals surface area contributed by atoms with Gasteiger partial charge in [0.05, 0.1) is 52.6 Å². The lowest BCUT2D eigenvalue weighted by atomic mass is 10.0. The largest absolute Gasteiger partial charge is 0.386 e. The Morgan fingerprint density at radius 2 is 2.08 bits per heavy atom. The first kappa shape index (κ1) is 23.3. The highest BCUT2D eigenvalue weighted by Gasteiger charge is 2.43. The van der Waals surface area contributed by atoms with E-state index in [0.29, 0.717) is 34.7 Å². The summed E-state index contributed by atoms with van der Waals surface area (Å²) < 4.78 is 28.6. The highest BCUT2D eigenvalue weighted by Crippen LogP contribution is 2.37. The van der Waals surface area contributed by atoms with Crippen molar-refractivity contribution in [3.63, 3.8) is 0 Å². The van der Waals surface area contributed by atoms with Gasteiger partial charge >= 0.3 is 0 Å². The molecule has 6 rings (SSSR count). The minimum Gasteiger partial charge on any atom is -0.386 e.